The molecule has 3 aromatic carbocycles. The molecule has 5 nitrogen and oxygen atoms in total. The third-order valence-electron chi connectivity index (χ3n) is 4.84. The van der Waals surface area contributed by atoms with Crippen molar-refractivity contribution in [3.05, 3.63) is 95.0 Å². The highest BCUT2D eigenvalue weighted by Crippen LogP contribution is 2.24. The van der Waals surface area contributed by atoms with Crippen molar-refractivity contribution in [1.29, 1.82) is 0 Å². The molecule has 31 heavy (non-hydrogen) atoms. The number of carbonyl (C=O) groups is 1. The van der Waals surface area contributed by atoms with Crippen LogP contribution in [0.25, 0.3) is 0 Å². The van der Waals surface area contributed by atoms with E-state index in [1.54, 1.807) is 30.3 Å². The fourth-order valence-electron chi connectivity index (χ4n) is 3.14. The minimum absolute atomic E-state index is 0.141. The number of amides is 1. The number of sulfonamides is 1. The summed E-state index contributed by atoms with van der Waals surface area (Å²) in [4.78, 5) is 12.7. The van der Waals surface area contributed by atoms with Gasteiger partial charge in [-0.1, -0.05) is 65.7 Å². The summed E-state index contributed by atoms with van der Waals surface area (Å²) in [6.45, 7) is 2.05. The standard InChI is InChI=1S/C24H25ClN2O3S/c1-19-13-15-21(16-14-19)27(31(29,30)22-10-3-2-4-11-22)18-24(28)26-17-7-9-20-8-5-6-12-23(20)25/h2-6,8,10-16H,7,9,17-18H2,1H3,(H,26,28). The number of halogens is 1. The number of aryl methyl sites for hydroxylation is 2. The van der Waals surface area contributed by atoms with Gasteiger partial charge in [0.25, 0.3) is 10.0 Å². The molecule has 0 unspecified atom stereocenters. The van der Waals surface area contributed by atoms with Gasteiger partial charge in [0, 0.05) is 11.6 Å². The Bertz CT molecular complexity index is 1120. The van der Waals surface area contributed by atoms with Crippen LogP contribution in [0.3, 0.4) is 0 Å². The maximum atomic E-state index is 13.2. The van der Waals surface area contributed by atoms with Crippen LogP contribution in [0.5, 0.6) is 0 Å². The molecular formula is C24H25ClN2O3S. The van der Waals surface area contributed by atoms with E-state index in [2.05, 4.69) is 5.32 Å². The first kappa shape index (κ1) is 22.8. The third kappa shape index (κ3) is 6.09. The molecule has 162 valence electrons. The van der Waals surface area contributed by atoms with Gasteiger partial charge in [0.1, 0.15) is 6.54 Å². The average molecular weight is 457 g/mol. The molecule has 0 aromatic heterocycles. The van der Waals surface area contributed by atoms with Crippen molar-refractivity contribution in [2.24, 2.45) is 0 Å². The predicted molar refractivity (Wildman–Crippen MR) is 125 cm³/mol. The van der Waals surface area contributed by atoms with Crippen LogP contribution < -0.4 is 9.62 Å². The molecule has 1 N–H and O–H groups in total. The summed E-state index contributed by atoms with van der Waals surface area (Å²) >= 11 is 6.16. The number of carbonyl (C=O) groups excluding carboxylic acids is 1. The van der Waals surface area contributed by atoms with Crippen molar-refractivity contribution < 1.29 is 13.2 Å². The van der Waals surface area contributed by atoms with Crippen molar-refractivity contribution in [3.8, 4) is 0 Å². The minimum atomic E-state index is -3.89. The first-order chi connectivity index (χ1) is 14.9. The van der Waals surface area contributed by atoms with E-state index in [0.29, 0.717) is 23.7 Å². The SMILES string of the molecule is Cc1ccc(N(CC(=O)NCCCc2ccccc2Cl)S(=O)(=O)c2ccccc2)cc1. The van der Waals surface area contributed by atoms with Crippen LogP contribution in [0.15, 0.2) is 83.8 Å². The van der Waals surface area contributed by atoms with E-state index in [4.69, 9.17) is 11.6 Å². The van der Waals surface area contributed by atoms with Crippen LogP contribution in [0.2, 0.25) is 5.02 Å². The van der Waals surface area contributed by atoms with Gasteiger partial charge in [0.15, 0.2) is 0 Å². The van der Waals surface area contributed by atoms with Crippen molar-refractivity contribution in [2.45, 2.75) is 24.7 Å². The summed E-state index contributed by atoms with van der Waals surface area (Å²) in [6, 6.07) is 22.8. The van der Waals surface area contributed by atoms with Crippen molar-refractivity contribution in [3.63, 3.8) is 0 Å². The van der Waals surface area contributed by atoms with E-state index in [9.17, 15) is 13.2 Å². The Morgan fingerprint density at radius 1 is 0.935 bits per heavy atom. The molecule has 1 amide bonds. The molecule has 0 radical (unpaired) electrons. The monoisotopic (exact) mass is 456 g/mol. The van der Waals surface area contributed by atoms with Gasteiger partial charge in [-0.2, -0.15) is 0 Å². The van der Waals surface area contributed by atoms with Gasteiger partial charge in [-0.15, -0.1) is 0 Å². The molecule has 0 aliphatic heterocycles. The molecule has 0 aliphatic carbocycles. The summed E-state index contributed by atoms with van der Waals surface area (Å²) in [5.41, 5.74) is 2.47. The topological polar surface area (TPSA) is 66.5 Å². The van der Waals surface area contributed by atoms with E-state index >= 15 is 0 Å². The normalized spacial score (nSPS) is 11.2. The lowest BCUT2D eigenvalue weighted by molar-refractivity contribution is -0.119. The summed E-state index contributed by atoms with van der Waals surface area (Å²) in [6.07, 6.45) is 1.43. The highest BCUT2D eigenvalue weighted by Gasteiger charge is 2.26. The van der Waals surface area contributed by atoms with E-state index in [1.165, 1.54) is 12.1 Å². The van der Waals surface area contributed by atoms with Crippen LogP contribution in [-0.2, 0) is 21.2 Å². The van der Waals surface area contributed by atoms with E-state index < -0.39 is 10.0 Å². The lowest BCUT2D eigenvalue weighted by Crippen LogP contribution is -2.41. The molecule has 0 saturated heterocycles. The highest BCUT2D eigenvalue weighted by molar-refractivity contribution is 7.92. The molecule has 3 aromatic rings. The van der Waals surface area contributed by atoms with E-state index in [1.807, 2.05) is 43.3 Å². The first-order valence-electron chi connectivity index (χ1n) is 10.0. The Labute approximate surface area is 188 Å². The van der Waals surface area contributed by atoms with Gasteiger partial charge < -0.3 is 5.32 Å². The molecule has 0 spiro atoms. The van der Waals surface area contributed by atoms with Crippen LogP contribution >= 0.6 is 11.6 Å². The number of nitrogens with zero attached hydrogens (tertiary/aromatic N) is 1. The number of anilines is 1. The van der Waals surface area contributed by atoms with Crippen LogP contribution in [-0.4, -0.2) is 27.4 Å². The van der Waals surface area contributed by atoms with Crippen LogP contribution in [0.1, 0.15) is 17.5 Å². The molecule has 7 heteroatoms. The quantitative estimate of drug-likeness (QED) is 0.479. The molecule has 3 rings (SSSR count). The number of hydrogen-bond acceptors (Lipinski definition) is 3. The second-order valence-corrected chi connectivity index (χ2v) is 9.47. The summed E-state index contributed by atoms with van der Waals surface area (Å²) in [7, 11) is -3.89. The Balaban J connectivity index is 1.69. The number of nitrogens with one attached hydrogen (secondary N) is 1. The maximum Gasteiger partial charge on any atom is 0.264 e. The van der Waals surface area contributed by atoms with Crippen LogP contribution in [0.4, 0.5) is 5.69 Å². The fraction of sp³-hybridized carbons (Fsp3) is 0.208. The Hall–Kier alpha value is -2.83. The molecule has 0 fully saturated rings. The van der Waals surface area contributed by atoms with Gasteiger partial charge in [-0.3, -0.25) is 9.10 Å². The van der Waals surface area contributed by atoms with Gasteiger partial charge in [-0.05, 0) is 55.7 Å². The second-order valence-electron chi connectivity index (χ2n) is 7.21. The summed E-state index contributed by atoms with van der Waals surface area (Å²) < 4.78 is 27.6. The molecular weight excluding hydrogens is 432 g/mol. The number of rotatable bonds is 9. The fourth-order valence-corrected chi connectivity index (χ4v) is 4.81. The molecule has 0 bridgehead atoms. The average Bonchev–Trinajstić information content (AvgIpc) is 2.77. The van der Waals surface area contributed by atoms with Crippen molar-refractivity contribution >= 4 is 33.2 Å². The minimum Gasteiger partial charge on any atom is -0.355 e. The maximum absolute atomic E-state index is 13.2. The lowest BCUT2D eigenvalue weighted by Gasteiger charge is -2.24. The summed E-state index contributed by atoms with van der Waals surface area (Å²) in [5, 5.41) is 3.52. The largest absolute Gasteiger partial charge is 0.355 e. The van der Waals surface area contributed by atoms with Crippen molar-refractivity contribution in [2.75, 3.05) is 17.4 Å². The van der Waals surface area contributed by atoms with Gasteiger partial charge in [-0.25, -0.2) is 8.42 Å². The Kier molecular flexibility index (Phi) is 7.71. The first-order valence-corrected chi connectivity index (χ1v) is 11.8. The Morgan fingerprint density at radius 3 is 2.26 bits per heavy atom. The zero-order chi connectivity index (χ0) is 22.3. The van der Waals surface area contributed by atoms with Gasteiger partial charge in [0.2, 0.25) is 5.91 Å². The smallest absolute Gasteiger partial charge is 0.264 e. The predicted octanol–water partition coefficient (Wildman–Crippen LogP) is 4.59. The van der Waals surface area contributed by atoms with E-state index in [0.717, 1.165) is 21.9 Å². The summed E-state index contributed by atoms with van der Waals surface area (Å²) in [5.74, 6) is -0.362. The third-order valence-corrected chi connectivity index (χ3v) is 7.00. The zero-order valence-electron chi connectivity index (χ0n) is 17.3. The van der Waals surface area contributed by atoms with Crippen LogP contribution in [0, 0.1) is 6.92 Å². The molecule has 0 heterocycles. The van der Waals surface area contributed by atoms with Gasteiger partial charge >= 0.3 is 0 Å². The molecule has 0 atom stereocenters. The van der Waals surface area contributed by atoms with Gasteiger partial charge in [0.05, 0.1) is 10.6 Å². The lowest BCUT2D eigenvalue weighted by atomic mass is 10.1. The highest BCUT2D eigenvalue weighted by atomic mass is 35.5. The second kappa shape index (κ2) is 10.5. The van der Waals surface area contributed by atoms with Crippen molar-refractivity contribution in [1.82, 2.24) is 5.32 Å². The molecule has 0 saturated carbocycles. The Morgan fingerprint density at radius 2 is 1.58 bits per heavy atom. The number of hydrogen-bond donors (Lipinski definition) is 1. The number of benzene rings is 3. The zero-order valence-corrected chi connectivity index (χ0v) is 18.9. The molecule has 0 aliphatic rings. The van der Waals surface area contributed by atoms with E-state index in [-0.39, 0.29) is 17.3 Å².